The van der Waals surface area contributed by atoms with Crippen molar-refractivity contribution in [1.82, 2.24) is 4.98 Å². The molecule has 1 aliphatic heterocycles. The molecule has 0 radical (unpaired) electrons. The van der Waals surface area contributed by atoms with Gasteiger partial charge in [0.25, 0.3) is 0 Å². The molecule has 1 fully saturated rings. The van der Waals surface area contributed by atoms with Gasteiger partial charge in [-0.2, -0.15) is 26.3 Å². The number of ether oxygens (including phenoxy) is 1. The van der Waals surface area contributed by atoms with Gasteiger partial charge in [-0.3, -0.25) is 0 Å². The molecule has 0 bridgehead atoms. The first-order chi connectivity index (χ1) is 10.5. The zero-order valence-electron chi connectivity index (χ0n) is 11.6. The van der Waals surface area contributed by atoms with Gasteiger partial charge < -0.3 is 10.5 Å². The van der Waals surface area contributed by atoms with E-state index in [-0.39, 0.29) is 25.1 Å². The molecule has 1 aromatic heterocycles. The summed E-state index contributed by atoms with van der Waals surface area (Å²) in [5.41, 5.74) is 3.84. The van der Waals surface area contributed by atoms with Crippen LogP contribution in [0, 0.1) is 11.7 Å². The van der Waals surface area contributed by atoms with Crippen molar-refractivity contribution in [1.29, 1.82) is 0 Å². The van der Waals surface area contributed by atoms with Crippen molar-refractivity contribution in [2.45, 2.75) is 37.3 Å². The highest BCUT2D eigenvalue weighted by Gasteiger charge is 2.44. The summed E-state index contributed by atoms with van der Waals surface area (Å²) >= 11 is 0. The lowest BCUT2D eigenvalue weighted by molar-refractivity contribution is -0.236. The fourth-order valence-electron chi connectivity index (χ4n) is 2.40. The topological polar surface area (TPSA) is 48.1 Å². The Morgan fingerprint density at radius 2 is 1.78 bits per heavy atom. The number of nitrogens with zero attached hydrogens (tertiary/aromatic N) is 1. The molecule has 23 heavy (non-hydrogen) atoms. The molecule has 3 atom stereocenters. The Balaban J connectivity index is 2.12. The van der Waals surface area contributed by atoms with E-state index >= 15 is 0 Å². The van der Waals surface area contributed by atoms with Crippen LogP contribution < -0.4 is 5.73 Å². The maximum Gasteiger partial charge on any atom is 0.436 e. The van der Waals surface area contributed by atoms with E-state index in [9.17, 15) is 30.7 Å². The molecule has 1 aliphatic rings. The Bertz CT molecular complexity index is 550. The monoisotopic (exact) mass is 346 g/mol. The molecule has 1 saturated heterocycles. The molecule has 0 aliphatic carbocycles. The van der Waals surface area contributed by atoms with Crippen molar-refractivity contribution >= 4 is 0 Å². The first kappa shape index (κ1) is 17.9. The second-order valence-corrected chi connectivity index (χ2v) is 5.29. The van der Waals surface area contributed by atoms with Gasteiger partial charge in [-0.15, -0.1) is 0 Å². The van der Waals surface area contributed by atoms with Crippen molar-refractivity contribution in [2.75, 3.05) is 6.61 Å². The van der Waals surface area contributed by atoms with E-state index in [0.29, 0.717) is 6.07 Å². The maximum atomic E-state index is 13.2. The fourth-order valence-corrected chi connectivity index (χ4v) is 2.40. The molecule has 130 valence electrons. The third kappa shape index (κ3) is 4.11. The minimum Gasteiger partial charge on any atom is -0.368 e. The molecular weight excluding hydrogens is 333 g/mol. The smallest absolute Gasteiger partial charge is 0.368 e. The quantitative estimate of drug-likeness (QED) is 0.833. The van der Waals surface area contributed by atoms with E-state index in [0.717, 1.165) is 6.07 Å². The molecule has 0 amide bonds. The summed E-state index contributed by atoms with van der Waals surface area (Å²) in [6.07, 6.45) is -11.7. The van der Waals surface area contributed by atoms with E-state index in [4.69, 9.17) is 5.73 Å². The highest BCUT2D eigenvalue weighted by atomic mass is 19.4. The van der Waals surface area contributed by atoms with Gasteiger partial charge in [-0.05, 0) is 25.0 Å². The summed E-state index contributed by atoms with van der Waals surface area (Å²) < 4.78 is 93.2. The van der Waals surface area contributed by atoms with E-state index < -0.39 is 41.9 Å². The highest BCUT2D eigenvalue weighted by molar-refractivity contribution is 5.19. The average Bonchev–Trinajstić information content (AvgIpc) is 2.45. The maximum absolute atomic E-state index is 13.2. The average molecular weight is 346 g/mol. The highest BCUT2D eigenvalue weighted by Crippen LogP contribution is 2.36. The minimum atomic E-state index is -4.98. The zero-order valence-corrected chi connectivity index (χ0v) is 11.6. The standard InChI is InChI=1S/C13H13F7N2O/c14-7-2-3-8(22-11(7)13(18,19)20)10(21)6-1-4-9(23-5-6)12(15,16)17/h2-3,6,9-10H,1,4-5,21H2. The van der Waals surface area contributed by atoms with Gasteiger partial charge in [0, 0.05) is 5.92 Å². The van der Waals surface area contributed by atoms with Crippen LogP contribution in [-0.4, -0.2) is 23.9 Å². The van der Waals surface area contributed by atoms with E-state index in [1.54, 1.807) is 0 Å². The van der Waals surface area contributed by atoms with Crippen LogP contribution in [-0.2, 0) is 10.9 Å². The summed E-state index contributed by atoms with van der Waals surface area (Å²) in [5.74, 6) is -2.17. The summed E-state index contributed by atoms with van der Waals surface area (Å²) in [6.45, 7) is -0.355. The summed E-state index contributed by atoms with van der Waals surface area (Å²) in [4.78, 5) is 3.18. The third-order valence-corrected chi connectivity index (χ3v) is 3.66. The van der Waals surface area contributed by atoms with Crippen LogP contribution in [0.2, 0.25) is 0 Å². The first-order valence-electron chi connectivity index (χ1n) is 6.67. The lowest BCUT2D eigenvalue weighted by Gasteiger charge is -2.33. The molecule has 0 saturated carbocycles. The number of rotatable bonds is 2. The molecule has 3 unspecified atom stereocenters. The number of alkyl halides is 6. The second-order valence-electron chi connectivity index (χ2n) is 5.29. The number of halogens is 7. The molecule has 2 N–H and O–H groups in total. The normalized spacial score (nSPS) is 24.5. The number of hydrogen-bond acceptors (Lipinski definition) is 3. The predicted octanol–water partition coefficient (Wildman–Crippen LogP) is 3.60. The summed E-state index contributed by atoms with van der Waals surface area (Å²) in [7, 11) is 0. The van der Waals surface area contributed by atoms with Crippen LogP contribution in [0.5, 0.6) is 0 Å². The molecule has 0 spiro atoms. The van der Waals surface area contributed by atoms with Crippen LogP contribution >= 0.6 is 0 Å². The fraction of sp³-hybridized carbons (Fsp3) is 0.615. The third-order valence-electron chi connectivity index (χ3n) is 3.66. The number of pyridine rings is 1. The van der Waals surface area contributed by atoms with Crippen molar-refractivity contribution in [2.24, 2.45) is 11.7 Å². The molecule has 10 heteroatoms. The van der Waals surface area contributed by atoms with Crippen LogP contribution in [0.1, 0.15) is 30.3 Å². The Morgan fingerprint density at radius 1 is 1.13 bits per heavy atom. The second kappa shape index (κ2) is 6.23. The molecular formula is C13H13F7N2O. The van der Waals surface area contributed by atoms with E-state index in [2.05, 4.69) is 9.72 Å². The first-order valence-corrected chi connectivity index (χ1v) is 6.67. The largest absolute Gasteiger partial charge is 0.436 e. The predicted molar refractivity (Wildman–Crippen MR) is 64.6 cm³/mol. The van der Waals surface area contributed by atoms with Crippen molar-refractivity contribution in [3.8, 4) is 0 Å². The van der Waals surface area contributed by atoms with Gasteiger partial charge in [0.2, 0.25) is 0 Å². The van der Waals surface area contributed by atoms with Gasteiger partial charge in [-0.1, -0.05) is 0 Å². The van der Waals surface area contributed by atoms with E-state index in [1.807, 2.05) is 0 Å². The SMILES string of the molecule is NC(c1ccc(F)c(C(F)(F)F)n1)C1CCC(C(F)(F)F)OC1. The van der Waals surface area contributed by atoms with Gasteiger partial charge in [0.1, 0.15) is 0 Å². The van der Waals surface area contributed by atoms with Crippen molar-refractivity contribution in [3.63, 3.8) is 0 Å². The van der Waals surface area contributed by atoms with Crippen molar-refractivity contribution < 1.29 is 35.5 Å². The lowest BCUT2D eigenvalue weighted by atomic mass is 9.89. The van der Waals surface area contributed by atoms with Crippen LogP contribution in [0.3, 0.4) is 0 Å². The van der Waals surface area contributed by atoms with Gasteiger partial charge >= 0.3 is 12.4 Å². The molecule has 2 rings (SSSR count). The number of nitrogens with two attached hydrogens (primary N) is 1. The number of aromatic nitrogens is 1. The van der Waals surface area contributed by atoms with Crippen LogP contribution in [0.4, 0.5) is 30.7 Å². The molecule has 3 nitrogen and oxygen atoms in total. The van der Waals surface area contributed by atoms with Gasteiger partial charge in [0.15, 0.2) is 17.6 Å². The Labute approximate surface area is 126 Å². The molecule has 0 aromatic carbocycles. The van der Waals surface area contributed by atoms with Gasteiger partial charge in [0.05, 0.1) is 18.3 Å². The Kier molecular flexibility index (Phi) is 4.86. The van der Waals surface area contributed by atoms with Gasteiger partial charge in [-0.25, -0.2) is 9.37 Å². The lowest BCUT2D eigenvalue weighted by Crippen LogP contribution is -2.40. The van der Waals surface area contributed by atoms with Crippen LogP contribution in [0.25, 0.3) is 0 Å². The molecule has 2 heterocycles. The van der Waals surface area contributed by atoms with E-state index in [1.165, 1.54) is 0 Å². The number of hydrogen-bond donors (Lipinski definition) is 1. The van der Waals surface area contributed by atoms with Crippen molar-refractivity contribution in [3.05, 3.63) is 29.3 Å². The minimum absolute atomic E-state index is 0.0196. The zero-order chi connectivity index (χ0) is 17.4. The Hall–Kier alpha value is -1.42. The summed E-state index contributed by atoms with van der Waals surface area (Å²) in [6, 6.07) is 0.504. The summed E-state index contributed by atoms with van der Waals surface area (Å²) in [5, 5.41) is 0. The molecule has 1 aromatic rings. The Morgan fingerprint density at radius 3 is 2.26 bits per heavy atom. The van der Waals surface area contributed by atoms with Crippen LogP contribution in [0.15, 0.2) is 12.1 Å².